The van der Waals surface area contributed by atoms with E-state index in [1.165, 1.54) is 0 Å². The predicted molar refractivity (Wildman–Crippen MR) is 75.9 cm³/mol. The number of hydrogen-bond donors (Lipinski definition) is 1. The lowest BCUT2D eigenvalue weighted by Gasteiger charge is -2.43. The van der Waals surface area contributed by atoms with Crippen LogP contribution in [0.4, 0.5) is 74.6 Å². The maximum Gasteiger partial charge on any atom is 0.389 e. The van der Waals surface area contributed by atoms with Gasteiger partial charge in [-0.15, -0.1) is 0 Å². The average molecular weight is 546 g/mol. The molecule has 0 bridgehead atoms. The normalized spacial score (nSPS) is 16.4. The van der Waals surface area contributed by atoms with Crippen molar-refractivity contribution in [2.75, 3.05) is 0 Å². The van der Waals surface area contributed by atoms with Crippen LogP contribution in [0.15, 0.2) is 11.1 Å². The molecular weight excluding hydrogens is 535 g/mol. The van der Waals surface area contributed by atoms with Gasteiger partial charge in [-0.05, 0) is 13.8 Å². The van der Waals surface area contributed by atoms with Crippen LogP contribution in [0, 0.1) is 0 Å². The quantitative estimate of drug-likeness (QED) is 0.233. The molecule has 0 aliphatic rings. The summed E-state index contributed by atoms with van der Waals surface area (Å²) in [5.41, 5.74) is -4.54. The summed E-state index contributed by atoms with van der Waals surface area (Å²) < 4.78 is 226. The molecule has 0 spiro atoms. The number of rotatable bonds is 10. The number of carbonyl (C=O) groups is 1. The van der Waals surface area contributed by atoms with Crippen molar-refractivity contribution in [2.45, 2.75) is 74.3 Å². The fourth-order valence-electron chi connectivity index (χ4n) is 2.11. The second kappa shape index (κ2) is 8.60. The average Bonchev–Trinajstić information content (AvgIpc) is 2.63. The van der Waals surface area contributed by atoms with Crippen LogP contribution in [0.1, 0.15) is 26.7 Å². The van der Waals surface area contributed by atoms with E-state index in [2.05, 4.69) is 0 Å². The Bertz CT molecular complexity index is 806. The summed E-state index contributed by atoms with van der Waals surface area (Å²) in [6.07, 6.45) is -12.3. The van der Waals surface area contributed by atoms with Crippen molar-refractivity contribution in [3.8, 4) is 0 Å². The Morgan fingerprint density at radius 1 is 0.559 bits per heavy atom. The molecule has 0 fully saturated rings. The van der Waals surface area contributed by atoms with Crippen molar-refractivity contribution in [1.29, 1.82) is 0 Å². The van der Waals surface area contributed by atoms with E-state index in [1.54, 1.807) is 0 Å². The molecule has 0 aliphatic carbocycles. The van der Waals surface area contributed by atoms with Crippen LogP contribution in [0.5, 0.6) is 0 Å². The minimum Gasteiger partial charge on any atom is -0.478 e. The summed E-state index contributed by atoms with van der Waals surface area (Å²) in [6.45, 7) is -0.314. The second-order valence-corrected chi connectivity index (χ2v) is 6.82. The van der Waals surface area contributed by atoms with E-state index in [0.29, 0.717) is 0 Å². The third-order valence-corrected chi connectivity index (χ3v) is 4.51. The lowest BCUT2D eigenvalue weighted by atomic mass is 9.86. The fourth-order valence-corrected chi connectivity index (χ4v) is 2.11. The van der Waals surface area contributed by atoms with Gasteiger partial charge in [-0.3, -0.25) is 0 Å². The fraction of sp³-hybridized carbons (Fsp3) is 0.800. The molecule has 0 heterocycles. The van der Waals surface area contributed by atoms with Crippen molar-refractivity contribution >= 4 is 5.97 Å². The molecule has 0 amide bonds. The first-order chi connectivity index (χ1) is 14.5. The van der Waals surface area contributed by atoms with Gasteiger partial charge in [-0.25, -0.2) is 4.79 Å². The Balaban J connectivity index is 6.76. The van der Waals surface area contributed by atoms with Gasteiger partial charge in [0, 0.05) is 24.0 Å². The van der Waals surface area contributed by atoms with Gasteiger partial charge >= 0.3 is 53.6 Å². The Labute approximate surface area is 177 Å². The third-order valence-electron chi connectivity index (χ3n) is 4.51. The SMILES string of the molecule is CC(C(=O)O)=C(C)C(F)(F)C(F)(F)C(F)(F)C(F)(F)C(F)(F)C(F)(F)C(F)(F)CCC(F)(F)F. The van der Waals surface area contributed by atoms with Gasteiger partial charge in [-0.1, -0.05) is 0 Å². The van der Waals surface area contributed by atoms with Crippen LogP contribution >= 0.6 is 0 Å². The van der Waals surface area contributed by atoms with Gasteiger partial charge in [0.1, 0.15) is 0 Å². The van der Waals surface area contributed by atoms with Crippen molar-refractivity contribution in [2.24, 2.45) is 0 Å². The topological polar surface area (TPSA) is 37.3 Å². The zero-order valence-corrected chi connectivity index (χ0v) is 16.2. The lowest BCUT2D eigenvalue weighted by Crippen LogP contribution is -2.73. The molecule has 0 saturated carbocycles. The van der Waals surface area contributed by atoms with Crippen molar-refractivity contribution in [3.63, 3.8) is 0 Å². The summed E-state index contributed by atoms with van der Waals surface area (Å²) in [5, 5.41) is 8.42. The number of allylic oxidation sites excluding steroid dienone is 1. The van der Waals surface area contributed by atoms with Gasteiger partial charge in [0.05, 0.1) is 0 Å². The molecule has 1 N–H and O–H groups in total. The summed E-state index contributed by atoms with van der Waals surface area (Å²) in [6, 6.07) is 0. The molecule has 202 valence electrons. The highest BCUT2D eigenvalue weighted by Crippen LogP contribution is 2.63. The van der Waals surface area contributed by atoms with Crippen LogP contribution in [-0.2, 0) is 4.79 Å². The largest absolute Gasteiger partial charge is 0.478 e. The summed E-state index contributed by atoms with van der Waals surface area (Å²) in [4.78, 5) is 10.5. The third kappa shape index (κ3) is 4.74. The zero-order valence-electron chi connectivity index (χ0n) is 16.2. The molecule has 0 aromatic carbocycles. The van der Waals surface area contributed by atoms with Gasteiger partial charge in [0.25, 0.3) is 0 Å². The predicted octanol–water partition coefficient (Wildman–Crippen LogP) is 7.20. The van der Waals surface area contributed by atoms with Crippen molar-refractivity contribution < 1.29 is 84.5 Å². The Kier molecular flexibility index (Phi) is 8.10. The van der Waals surface area contributed by atoms with Gasteiger partial charge < -0.3 is 5.11 Å². The first-order valence-electron chi connectivity index (χ1n) is 8.10. The maximum absolute atomic E-state index is 13.8. The van der Waals surface area contributed by atoms with E-state index in [-0.39, 0.29) is 13.8 Å². The number of alkyl halides is 17. The molecular formula is C15H11F17O2. The van der Waals surface area contributed by atoms with E-state index < -0.39 is 77.6 Å². The molecule has 0 aromatic heterocycles. The van der Waals surface area contributed by atoms with Gasteiger partial charge in [0.2, 0.25) is 0 Å². The smallest absolute Gasteiger partial charge is 0.389 e. The Morgan fingerprint density at radius 3 is 1.21 bits per heavy atom. The van der Waals surface area contributed by atoms with Crippen LogP contribution in [-0.4, -0.2) is 58.7 Å². The Morgan fingerprint density at radius 2 is 0.882 bits per heavy atom. The molecule has 0 unspecified atom stereocenters. The molecule has 0 radical (unpaired) electrons. The second-order valence-electron chi connectivity index (χ2n) is 6.82. The Hall–Kier alpha value is -1.98. The lowest BCUT2D eigenvalue weighted by molar-refractivity contribution is -0.439. The van der Waals surface area contributed by atoms with Crippen molar-refractivity contribution in [3.05, 3.63) is 11.1 Å². The van der Waals surface area contributed by atoms with E-state index in [0.717, 1.165) is 0 Å². The van der Waals surface area contributed by atoms with E-state index in [9.17, 15) is 79.4 Å². The minimum absolute atomic E-state index is 0.0436. The number of halogens is 17. The number of carboxylic acids is 1. The first kappa shape index (κ1) is 32.0. The number of aliphatic carboxylic acids is 1. The van der Waals surface area contributed by atoms with Crippen LogP contribution in [0.2, 0.25) is 0 Å². The molecule has 0 saturated heterocycles. The number of carboxylic acid groups (broad SMARTS) is 1. The van der Waals surface area contributed by atoms with E-state index >= 15 is 0 Å². The molecule has 0 atom stereocenters. The monoisotopic (exact) mass is 546 g/mol. The molecule has 0 rings (SSSR count). The molecule has 0 aromatic rings. The van der Waals surface area contributed by atoms with Crippen molar-refractivity contribution in [1.82, 2.24) is 0 Å². The molecule has 0 aliphatic heterocycles. The standard InChI is InChI=1S/C15H11F17O2/c1-5(7(33)34)6(2)10(21,22)12(25,26)14(29,30)15(31,32)13(27,28)11(23,24)8(16,17)3-4-9(18,19)20/h3-4H2,1-2H3,(H,33,34). The van der Waals surface area contributed by atoms with E-state index in [1.807, 2.05) is 0 Å². The highest BCUT2D eigenvalue weighted by molar-refractivity contribution is 5.87. The van der Waals surface area contributed by atoms with E-state index in [4.69, 9.17) is 5.11 Å². The van der Waals surface area contributed by atoms with Crippen LogP contribution in [0.25, 0.3) is 0 Å². The highest BCUT2D eigenvalue weighted by atomic mass is 19.4. The maximum atomic E-state index is 13.8. The highest BCUT2D eigenvalue weighted by Gasteiger charge is 2.92. The minimum atomic E-state index is -8.46. The summed E-state index contributed by atoms with van der Waals surface area (Å²) in [5.74, 6) is -57.0. The number of hydrogen-bond acceptors (Lipinski definition) is 1. The summed E-state index contributed by atoms with van der Waals surface area (Å²) >= 11 is 0. The molecule has 34 heavy (non-hydrogen) atoms. The van der Waals surface area contributed by atoms with Gasteiger partial charge in [-0.2, -0.15) is 74.6 Å². The summed E-state index contributed by atoms with van der Waals surface area (Å²) in [7, 11) is 0. The molecule has 19 heteroatoms. The zero-order chi connectivity index (χ0) is 28.1. The molecule has 2 nitrogen and oxygen atoms in total. The van der Waals surface area contributed by atoms with Crippen LogP contribution < -0.4 is 0 Å². The van der Waals surface area contributed by atoms with Gasteiger partial charge in [0.15, 0.2) is 0 Å². The first-order valence-corrected chi connectivity index (χ1v) is 8.10. The van der Waals surface area contributed by atoms with Crippen LogP contribution in [0.3, 0.4) is 0 Å².